The van der Waals surface area contributed by atoms with Crippen molar-refractivity contribution in [1.82, 2.24) is 19.8 Å². The summed E-state index contributed by atoms with van der Waals surface area (Å²) in [4.78, 5) is 18.4. The van der Waals surface area contributed by atoms with Crippen molar-refractivity contribution >= 4 is 17.6 Å². The average Bonchev–Trinajstić information content (AvgIpc) is 3.01. The summed E-state index contributed by atoms with van der Waals surface area (Å²) in [6.45, 7) is 1.93. The van der Waals surface area contributed by atoms with Crippen molar-refractivity contribution in [3.63, 3.8) is 0 Å². The average molecular weight is 305 g/mol. The molecule has 2 aromatic rings. The Morgan fingerprint density at radius 1 is 1.38 bits per heavy atom. The number of hydrogen-bond donors (Lipinski definition) is 1. The standard InChI is InChI=1S/C15H17ClN4O/c16-5-7-18-15(21)20-10-9-19-8-2-4-13(19)14(20)12-3-1-6-17-11-12/h1-4,6,8,11,14H,5,7,9-10H2,(H,18,21)/t14-/m1/s1. The van der Waals surface area contributed by atoms with Crippen LogP contribution in [0.3, 0.4) is 0 Å². The normalized spacial score (nSPS) is 17.4. The summed E-state index contributed by atoms with van der Waals surface area (Å²) in [7, 11) is 0. The molecule has 3 rings (SSSR count). The van der Waals surface area contributed by atoms with E-state index >= 15 is 0 Å². The number of hydrogen-bond acceptors (Lipinski definition) is 2. The Hall–Kier alpha value is -2.01. The van der Waals surface area contributed by atoms with E-state index in [1.807, 2.05) is 35.5 Å². The number of nitrogens with zero attached hydrogens (tertiary/aromatic N) is 3. The van der Waals surface area contributed by atoms with Crippen molar-refractivity contribution in [2.75, 3.05) is 19.0 Å². The highest BCUT2D eigenvalue weighted by atomic mass is 35.5. The summed E-state index contributed by atoms with van der Waals surface area (Å²) in [6.07, 6.45) is 5.60. The number of halogens is 1. The third-order valence-electron chi connectivity index (χ3n) is 3.67. The molecular weight excluding hydrogens is 288 g/mol. The summed E-state index contributed by atoms with van der Waals surface area (Å²) in [5.74, 6) is 0.410. The van der Waals surface area contributed by atoms with Gasteiger partial charge in [-0.1, -0.05) is 6.07 Å². The summed E-state index contributed by atoms with van der Waals surface area (Å²) in [5.41, 5.74) is 2.12. The van der Waals surface area contributed by atoms with Gasteiger partial charge in [0.25, 0.3) is 0 Å². The van der Waals surface area contributed by atoms with Crippen LogP contribution < -0.4 is 5.32 Å². The summed E-state index contributed by atoms with van der Waals surface area (Å²) in [6, 6.07) is 7.76. The molecular formula is C15H17ClN4O. The minimum absolute atomic E-state index is 0.0862. The first kappa shape index (κ1) is 13.9. The fraction of sp³-hybridized carbons (Fsp3) is 0.333. The lowest BCUT2D eigenvalue weighted by atomic mass is 10.0. The number of urea groups is 1. The van der Waals surface area contributed by atoms with Gasteiger partial charge in [0.15, 0.2) is 0 Å². The number of pyridine rings is 1. The number of rotatable bonds is 3. The second-order valence-corrected chi connectivity index (χ2v) is 5.31. The van der Waals surface area contributed by atoms with E-state index in [0.717, 1.165) is 17.8 Å². The quantitative estimate of drug-likeness (QED) is 0.884. The maximum Gasteiger partial charge on any atom is 0.318 e. The molecule has 6 heteroatoms. The maximum atomic E-state index is 12.4. The van der Waals surface area contributed by atoms with Gasteiger partial charge in [0.2, 0.25) is 0 Å². The number of carbonyl (C=O) groups excluding carboxylic acids is 1. The highest BCUT2D eigenvalue weighted by molar-refractivity contribution is 6.18. The van der Waals surface area contributed by atoms with Gasteiger partial charge in [-0.25, -0.2) is 4.79 Å². The van der Waals surface area contributed by atoms with Crippen molar-refractivity contribution in [3.05, 3.63) is 54.1 Å². The van der Waals surface area contributed by atoms with Crippen LogP contribution in [0.1, 0.15) is 17.3 Å². The van der Waals surface area contributed by atoms with Crippen molar-refractivity contribution in [2.45, 2.75) is 12.6 Å². The zero-order chi connectivity index (χ0) is 14.7. The SMILES string of the molecule is O=C(NCCCl)N1CCn2cccc2[C@H]1c1cccnc1. The molecule has 5 nitrogen and oxygen atoms in total. The van der Waals surface area contributed by atoms with Gasteiger partial charge in [-0.05, 0) is 23.8 Å². The lowest BCUT2D eigenvalue weighted by Crippen LogP contribution is -2.47. The third kappa shape index (κ3) is 2.74. The highest BCUT2D eigenvalue weighted by Crippen LogP contribution is 2.31. The molecule has 2 aromatic heterocycles. The molecule has 0 fully saturated rings. The minimum Gasteiger partial charge on any atom is -0.348 e. The Morgan fingerprint density at radius 2 is 2.29 bits per heavy atom. The molecule has 1 aliphatic rings. The molecule has 1 aliphatic heterocycles. The summed E-state index contributed by atoms with van der Waals surface area (Å²) in [5, 5.41) is 2.85. The monoisotopic (exact) mass is 304 g/mol. The highest BCUT2D eigenvalue weighted by Gasteiger charge is 2.31. The van der Waals surface area contributed by atoms with Crippen LogP contribution >= 0.6 is 11.6 Å². The molecule has 1 atom stereocenters. The van der Waals surface area contributed by atoms with Gasteiger partial charge in [-0.2, -0.15) is 0 Å². The molecule has 3 heterocycles. The third-order valence-corrected chi connectivity index (χ3v) is 3.86. The zero-order valence-corrected chi connectivity index (χ0v) is 12.3. The second kappa shape index (κ2) is 6.18. The smallest absolute Gasteiger partial charge is 0.318 e. The molecule has 2 amide bonds. The van der Waals surface area contributed by atoms with Crippen LogP contribution in [0.2, 0.25) is 0 Å². The molecule has 0 radical (unpaired) electrons. The molecule has 21 heavy (non-hydrogen) atoms. The van der Waals surface area contributed by atoms with E-state index in [-0.39, 0.29) is 12.1 Å². The Kier molecular flexibility index (Phi) is 4.10. The fourth-order valence-corrected chi connectivity index (χ4v) is 2.84. The zero-order valence-electron chi connectivity index (χ0n) is 11.6. The number of fused-ring (bicyclic) bond motifs is 1. The first-order valence-corrected chi connectivity index (χ1v) is 7.50. The first-order valence-electron chi connectivity index (χ1n) is 6.96. The number of alkyl halides is 1. The van der Waals surface area contributed by atoms with Crippen molar-refractivity contribution in [3.8, 4) is 0 Å². The van der Waals surface area contributed by atoms with Crippen LogP contribution in [0.15, 0.2) is 42.9 Å². The van der Waals surface area contributed by atoms with E-state index in [0.29, 0.717) is 19.0 Å². The number of aromatic nitrogens is 2. The van der Waals surface area contributed by atoms with Crippen LogP contribution in [0.25, 0.3) is 0 Å². The van der Waals surface area contributed by atoms with Crippen molar-refractivity contribution in [1.29, 1.82) is 0 Å². The minimum atomic E-state index is -0.113. The lowest BCUT2D eigenvalue weighted by Gasteiger charge is -2.37. The van der Waals surface area contributed by atoms with Gasteiger partial charge in [0.1, 0.15) is 6.04 Å². The number of amides is 2. The first-order chi connectivity index (χ1) is 10.3. The van der Waals surface area contributed by atoms with E-state index in [4.69, 9.17) is 11.6 Å². The predicted molar refractivity (Wildman–Crippen MR) is 81.3 cm³/mol. The molecule has 0 spiro atoms. The molecule has 1 N–H and O–H groups in total. The van der Waals surface area contributed by atoms with Crippen LogP contribution in [0.5, 0.6) is 0 Å². The van der Waals surface area contributed by atoms with Gasteiger partial charge in [-0.3, -0.25) is 4.98 Å². The Morgan fingerprint density at radius 3 is 3.05 bits per heavy atom. The van der Waals surface area contributed by atoms with Gasteiger partial charge >= 0.3 is 6.03 Å². The number of nitrogens with one attached hydrogen (secondary N) is 1. The Bertz CT molecular complexity index is 613. The van der Waals surface area contributed by atoms with E-state index < -0.39 is 0 Å². The van der Waals surface area contributed by atoms with Crippen LogP contribution in [-0.4, -0.2) is 39.5 Å². The maximum absolute atomic E-state index is 12.4. The van der Waals surface area contributed by atoms with Crippen molar-refractivity contribution in [2.24, 2.45) is 0 Å². The van der Waals surface area contributed by atoms with Gasteiger partial charge in [0, 0.05) is 49.8 Å². The summed E-state index contributed by atoms with van der Waals surface area (Å²) < 4.78 is 2.18. The van der Waals surface area contributed by atoms with Crippen LogP contribution in [0, 0.1) is 0 Å². The Balaban J connectivity index is 1.95. The van der Waals surface area contributed by atoms with Gasteiger partial charge in [-0.15, -0.1) is 11.6 Å². The molecule has 0 aromatic carbocycles. The van der Waals surface area contributed by atoms with Crippen LogP contribution in [-0.2, 0) is 6.54 Å². The van der Waals surface area contributed by atoms with Gasteiger partial charge in [0.05, 0.1) is 0 Å². The van der Waals surface area contributed by atoms with E-state index in [1.54, 1.807) is 6.20 Å². The van der Waals surface area contributed by atoms with Crippen LogP contribution in [0.4, 0.5) is 4.79 Å². The van der Waals surface area contributed by atoms with E-state index in [2.05, 4.69) is 20.9 Å². The van der Waals surface area contributed by atoms with E-state index in [1.165, 1.54) is 0 Å². The predicted octanol–water partition coefficient (Wildman–Crippen LogP) is 2.24. The Labute approximate surface area is 128 Å². The van der Waals surface area contributed by atoms with Gasteiger partial charge < -0.3 is 14.8 Å². The topological polar surface area (TPSA) is 50.2 Å². The van der Waals surface area contributed by atoms with E-state index in [9.17, 15) is 4.79 Å². The molecule has 0 saturated carbocycles. The molecule has 0 bridgehead atoms. The largest absolute Gasteiger partial charge is 0.348 e. The molecule has 0 unspecified atom stereocenters. The molecule has 0 aliphatic carbocycles. The number of carbonyl (C=O) groups is 1. The second-order valence-electron chi connectivity index (χ2n) is 4.93. The molecule has 110 valence electrons. The van der Waals surface area contributed by atoms with Crippen molar-refractivity contribution < 1.29 is 4.79 Å². The lowest BCUT2D eigenvalue weighted by molar-refractivity contribution is 0.169. The molecule has 0 saturated heterocycles. The fourth-order valence-electron chi connectivity index (χ4n) is 2.75. The summed E-state index contributed by atoms with van der Waals surface area (Å²) >= 11 is 5.65.